The van der Waals surface area contributed by atoms with Crippen LogP contribution < -0.4 is 0 Å². The van der Waals surface area contributed by atoms with Gasteiger partial charge < -0.3 is 0 Å². The highest BCUT2D eigenvalue weighted by atomic mass is 32.2. The molecule has 0 aromatic heterocycles. The molecule has 1 heterocycles. The second kappa shape index (κ2) is 10.1. The van der Waals surface area contributed by atoms with Gasteiger partial charge >= 0.3 is 0 Å². The zero-order chi connectivity index (χ0) is 20.7. The third kappa shape index (κ3) is 5.73. The van der Waals surface area contributed by atoms with E-state index >= 15 is 0 Å². The molecule has 0 unspecified atom stereocenters. The van der Waals surface area contributed by atoms with Crippen LogP contribution in [0.4, 0.5) is 5.69 Å². The molecule has 1 nitrogen and oxygen atoms in total. The lowest BCUT2D eigenvalue weighted by Crippen LogP contribution is -2.16. The van der Waals surface area contributed by atoms with Gasteiger partial charge in [-0.25, -0.2) is 0 Å². The van der Waals surface area contributed by atoms with Gasteiger partial charge in [-0.3, -0.25) is 0 Å². The molecule has 3 aliphatic rings. The minimum atomic E-state index is 0.215. The Balaban J connectivity index is 0.000000343. The molecule has 2 aliphatic carbocycles. The molecule has 0 saturated carbocycles. The summed E-state index contributed by atoms with van der Waals surface area (Å²) in [4.78, 5) is 0. The summed E-state index contributed by atoms with van der Waals surface area (Å²) in [6, 6.07) is 8.77. The van der Waals surface area contributed by atoms with Crippen LogP contribution in [0.3, 0.4) is 0 Å². The number of benzene rings is 1. The smallest absolute Gasteiger partial charge is 0.195 e. The quantitative estimate of drug-likeness (QED) is 0.369. The van der Waals surface area contributed by atoms with E-state index in [1.54, 1.807) is 11.8 Å². The fraction of sp³-hybridized carbons (Fsp3) is 0.370. The van der Waals surface area contributed by atoms with Gasteiger partial charge in [-0.1, -0.05) is 74.6 Å². The number of rotatable bonds is 4. The van der Waals surface area contributed by atoms with E-state index < -0.39 is 0 Å². The van der Waals surface area contributed by atoms with Crippen molar-refractivity contribution < 1.29 is 4.58 Å². The molecular formula is C27H34NS+. The van der Waals surface area contributed by atoms with Crippen molar-refractivity contribution in [3.63, 3.8) is 0 Å². The van der Waals surface area contributed by atoms with Crippen LogP contribution in [0.2, 0.25) is 0 Å². The van der Waals surface area contributed by atoms with Gasteiger partial charge in [0.2, 0.25) is 5.69 Å². The molecule has 0 N–H and O–H groups in total. The van der Waals surface area contributed by atoms with Crippen LogP contribution in [0.1, 0.15) is 45.6 Å². The summed E-state index contributed by atoms with van der Waals surface area (Å²) in [5.41, 5.74) is 5.70. The fourth-order valence-electron chi connectivity index (χ4n) is 3.89. The van der Waals surface area contributed by atoms with Gasteiger partial charge in [0.1, 0.15) is 6.54 Å². The molecule has 0 spiro atoms. The second-order valence-corrected chi connectivity index (χ2v) is 9.13. The van der Waals surface area contributed by atoms with Crippen molar-refractivity contribution in [1.82, 2.24) is 0 Å². The van der Waals surface area contributed by atoms with Crippen molar-refractivity contribution in [2.24, 2.45) is 11.3 Å². The van der Waals surface area contributed by atoms with Crippen LogP contribution >= 0.6 is 11.8 Å². The van der Waals surface area contributed by atoms with Gasteiger partial charge in [-0.2, -0.15) is 4.58 Å². The second-order valence-electron chi connectivity index (χ2n) is 8.43. The first kappa shape index (κ1) is 21.6. The predicted molar refractivity (Wildman–Crippen MR) is 131 cm³/mol. The lowest BCUT2D eigenvalue weighted by atomic mass is 9.84. The molecule has 4 rings (SSSR count). The van der Waals surface area contributed by atoms with Crippen LogP contribution in [-0.4, -0.2) is 23.1 Å². The van der Waals surface area contributed by atoms with Gasteiger partial charge in [0, 0.05) is 30.7 Å². The molecular weight excluding hydrogens is 370 g/mol. The average Bonchev–Trinajstić information content (AvgIpc) is 3.01. The monoisotopic (exact) mass is 404 g/mol. The van der Waals surface area contributed by atoms with Crippen molar-refractivity contribution in [3.8, 4) is 0 Å². The molecule has 0 atom stereocenters. The van der Waals surface area contributed by atoms with E-state index in [1.807, 2.05) is 0 Å². The molecule has 0 fully saturated rings. The van der Waals surface area contributed by atoms with E-state index in [9.17, 15) is 0 Å². The zero-order valence-electron chi connectivity index (χ0n) is 18.3. The first-order valence-electron chi connectivity index (χ1n) is 10.6. The first-order chi connectivity index (χ1) is 14.0. The van der Waals surface area contributed by atoms with E-state index in [4.69, 9.17) is 0 Å². The Hall–Kier alpha value is -2.06. The minimum absolute atomic E-state index is 0.215. The van der Waals surface area contributed by atoms with Gasteiger partial charge in [0.05, 0.1) is 11.1 Å². The third-order valence-electron chi connectivity index (χ3n) is 5.63. The highest BCUT2D eigenvalue weighted by molar-refractivity contribution is 8.01. The Morgan fingerprint density at radius 2 is 1.66 bits per heavy atom. The Morgan fingerprint density at radius 3 is 2.24 bits per heavy atom. The highest BCUT2D eigenvalue weighted by Crippen LogP contribution is 2.36. The van der Waals surface area contributed by atoms with Crippen molar-refractivity contribution in [3.05, 3.63) is 83.8 Å². The largest absolute Gasteiger partial charge is 0.213 e. The molecule has 0 radical (unpaired) electrons. The Kier molecular flexibility index (Phi) is 7.55. The van der Waals surface area contributed by atoms with Crippen LogP contribution in [0, 0.1) is 11.3 Å². The number of hydrogen-bond acceptors (Lipinski definition) is 1. The molecule has 2 heteroatoms. The summed E-state index contributed by atoms with van der Waals surface area (Å²) in [7, 11) is 0. The summed E-state index contributed by atoms with van der Waals surface area (Å²) in [5, 5.41) is 2.27. The van der Waals surface area contributed by atoms with Crippen LogP contribution in [-0.2, 0) is 0 Å². The summed E-state index contributed by atoms with van der Waals surface area (Å²) in [6.07, 6.45) is 23.7. The summed E-state index contributed by atoms with van der Waals surface area (Å²) in [6.45, 7) is 7.82. The normalized spacial score (nSPS) is 20.8. The number of fused-ring (bicyclic) bond motifs is 1. The standard InChI is InChI=1S/C21H26NS.C6H8/c1-16-19(15-23-4)18-7-5-6-8-20(18)22(16)14-11-17-9-12-21(2,3)13-10-17;1-2-4-6-5-3-1/h5-10,12-13,15,17H,11,14H2,1-4H3;1-2,5-6H,3-4H2/q+1;/b19-15+;. The summed E-state index contributed by atoms with van der Waals surface area (Å²) in [5.74, 6) is 0.552. The topological polar surface area (TPSA) is 3.01 Å². The van der Waals surface area contributed by atoms with Crippen LogP contribution in [0.5, 0.6) is 0 Å². The predicted octanol–water partition coefficient (Wildman–Crippen LogP) is 7.56. The average molecular weight is 405 g/mol. The zero-order valence-corrected chi connectivity index (χ0v) is 19.1. The van der Waals surface area contributed by atoms with Crippen LogP contribution in [0.15, 0.2) is 78.3 Å². The highest BCUT2D eigenvalue weighted by Gasteiger charge is 2.31. The number of hydrogen-bond donors (Lipinski definition) is 0. The fourth-order valence-corrected chi connectivity index (χ4v) is 4.42. The van der Waals surface area contributed by atoms with E-state index in [-0.39, 0.29) is 5.41 Å². The van der Waals surface area contributed by atoms with E-state index in [0.717, 1.165) is 25.8 Å². The SMILES string of the molecule is C1=CCC=CC1.CS/C=C1\C(C)=[N+](CCC2C=CC(C)(C)C=C2)c2ccccc21. The summed E-state index contributed by atoms with van der Waals surface area (Å²) >= 11 is 1.78. The Morgan fingerprint density at radius 1 is 1.03 bits per heavy atom. The Labute approximate surface area is 181 Å². The number of allylic oxidation sites excluding steroid dienone is 9. The van der Waals surface area contributed by atoms with Crippen molar-refractivity contribution >= 4 is 28.7 Å². The molecule has 29 heavy (non-hydrogen) atoms. The lowest BCUT2D eigenvalue weighted by molar-refractivity contribution is -0.438. The maximum atomic E-state index is 2.48. The van der Waals surface area contributed by atoms with Gasteiger partial charge in [0.25, 0.3) is 0 Å². The first-order valence-corrected chi connectivity index (χ1v) is 11.9. The lowest BCUT2D eigenvalue weighted by Gasteiger charge is -2.21. The van der Waals surface area contributed by atoms with Gasteiger partial charge in [-0.15, -0.1) is 11.8 Å². The van der Waals surface area contributed by atoms with Crippen molar-refractivity contribution in [1.29, 1.82) is 0 Å². The molecule has 0 bridgehead atoms. The molecule has 0 saturated heterocycles. The summed E-state index contributed by atoms with van der Waals surface area (Å²) < 4.78 is 2.48. The number of para-hydroxylation sites is 1. The minimum Gasteiger partial charge on any atom is -0.195 e. The maximum absolute atomic E-state index is 2.48. The van der Waals surface area contributed by atoms with Crippen molar-refractivity contribution in [2.45, 2.75) is 40.0 Å². The molecule has 1 aromatic rings. The van der Waals surface area contributed by atoms with Gasteiger partial charge in [0.15, 0.2) is 5.71 Å². The molecule has 0 amide bonds. The van der Waals surface area contributed by atoms with E-state index in [0.29, 0.717) is 5.92 Å². The molecule has 152 valence electrons. The Bertz CT molecular complexity index is 857. The van der Waals surface area contributed by atoms with E-state index in [1.165, 1.54) is 22.5 Å². The van der Waals surface area contributed by atoms with Gasteiger partial charge in [-0.05, 0) is 30.6 Å². The van der Waals surface area contributed by atoms with E-state index in [2.05, 4.69) is 110 Å². The third-order valence-corrected chi connectivity index (χ3v) is 6.10. The molecule has 1 aromatic carbocycles. The molecule has 1 aliphatic heterocycles. The maximum Gasteiger partial charge on any atom is 0.213 e. The number of thioether (sulfide) groups is 1. The van der Waals surface area contributed by atoms with Crippen LogP contribution in [0.25, 0.3) is 5.57 Å². The van der Waals surface area contributed by atoms with Crippen molar-refractivity contribution in [2.75, 3.05) is 12.8 Å². The number of nitrogens with zero attached hydrogens (tertiary/aromatic N) is 1.